The Morgan fingerprint density at radius 3 is 2.42 bits per heavy atom. The Morgan fingerprint density at radius 1 is 1.26 bits per heavy atom. The van der Waals surface area contributed by atoms with Gasteiger partial charge in [0, 0.05) is 18.0 Å². The van der Waals surface area contributed by atoms with Crippen molar-refractivity contribution in [2.24, 2.45) is 0 Å². The monoisotopic (exact) mass is 284 g/mol. The maximum atomic E-state index is 12.3. The van der Waals surface area contributed by atoms with Crippen molar-refractivity contribution in [2.75, 3.05) is 33.7 Å². The fourth-order valence-corrected chi connectivity index (χ4v) is 2.49. The Morgan fingerprint density at radius 2 is 1.95 bits per heavy atom. The third-order valence-electron chi connectivity index (χ3n) is 2.65. The van der Waals surface area contributed by atoms with E-state index in [1.54, 1.807) is 6.07 Å². The lowest BCUT2D eigenvalue weighted by atomic mass is 10.3. The molecular formula is C13H20N2O3S. The lowest BCUT2D eigenvalue weighted by molar-refractivity contribution is -0.137. The standard InChI is InChI=1S/C13H20N2O3S/c1-4-10-5-6-11(19-10)13(18)15(9-12(16)17)8-7-14(2)3/h5-6H,4,7-9H2,1-3H3,(H,16,17). The molecule has 0 saturated heterocycles. The van der Waals surface area contributed by atoms with Gasteiger partial charge in [0.1, 0.15) is 6.54 Å². The van der Waals surface area contributed by atoms with Crippen molar-refractivity contribution in [3.8, 4) is 0 Å². The predicted octanol–water partition coefficient (Wildman–Crippen LogP) is 1.40. The molecule has 0 aliphatic heterocycles. The van der Waals surface area contributed by atoms with Crippen molar-refractivity contribution < 1.29 is 14.7 Å². The molecule has 0 saturated carbocycles. The molecule has 0 fully saturated rings. The summed E-state index contributed by atoms with van der Waals surface area (Å²) in [7, 11) is 3.79. The van der Waals surface area contributed by atoms with Crippen LogP contribution in [0.4, 0.5) is 0 Å². The average molecular weight is 284 g/mol. The van der Waals surface area contributed by atoms with Crippen LogP contribution in [0.2, 0.25) is 0 Å². The number of aliphatic carboxylic acids is 1. The first-order chi connectivity index (χ1) is 8.93. The van der Waals surface area contributed by atoms with Gasteiger partial charge in [-0.3, -0.25) is 9.59 Å². The van der Waals surface area contributed by atoms with E-state index in [-0.39, 0.29) is 12.5 Å². The number of carboxylic acid groups (broad SMARTS) is 1. The molecule has 1 aromatic heterocycles. The van der Waals surface area contributed by atoms with Crippen molar-refractivity contribution >= 4 is 23.2 Å². The van der Waals surface area contributed by atoms with Gasteiger partial charge >= 0.3 is 5.97 Å². The minimum Gasteiger partial charge on any atom is -0.480 e. The van der Waals surface area contributed by atoms with Crippen LogP contribution in [-0.4, -0.2) is 60.5 Å². The van der Waals surface area contributed by atoms with Gasteiger partial charge in [-0.2, -0.15) is 0 Å². The number of thiophene rings is 1. The zero-order chi connectivity index (χ0) is 14.4. The van der Waals surface area contributed by atoms with Crippen LogP contribution >= 0.6 is 11.3 Å². The van der Waals surface area contributed by atoms with Crippen LogP contribution < -0.4 is 0 Å². The number of aryl methyl sites for hydroxylation is 1. The number of amides is 1. The highest BCUT2D eigenvalue weighted by Gasteiger charge is 2.19. The molecule has 0 unspecified atom stereocenters. The van der Waals surface area contributed by atoms with E-state index in [0.717, 1.165) is 11.3 Å². The Bertz CT molecular complexity index is 443. The number of hydrogen-bond acceptors (Lipinski definition) is 4. The van der Waals surface area contributed by atoms with E-state index in [9.17, 15) is 9.59 Å². The summed E-state index contributed by atoms with van der Waals surface area (Å²) in [5, 5.41) is 8.89. The Hall–Kier alpha value is -1.40. The normalized spacial score (nSPS) is 10.7. The summed E-state index contributed by atoms with van der Waals surface area (Å²) in [4.78, 5) is 28.2. The van der Waals surface area contributed by atoms with Gasteiger partial charge in [0.15, 0.2) is 0 Å². The van der Waals surface area contributed by atoms with Crippen molar-refractivity contribution in [2.45, 2.75) is 13.3 Å². The number of carboxylic acids is 1. The van der Waals surface area contributed by atoms with Gasteiger partial charge in [0.05, 0.1) is 4.88 Å². The number of carbonyl (C=O) groups is 2. The van der Waals surface area contributed by atoms with E-state index in [4.69, 9.17) is 5.11 Å². The van der Waals surface area contributed by atoms with Crippen LogP contribution in [-0.2, 0) is 11.2 Å². The summed E-state index contributed by atoms with van der Waals surface area (Å²) >= 11 is 1.43. The molecule has 1 amide bonds. The van der Waals surface area contributed by atoms with Crippen molar-refractivity contribution in [3.63, 3.8) is 0 Å². The minimum absolute atomic E-state index is 0.200. The van der Waals surface area contributed by atoms with Crippen molar-refractivity contribution in [1.82, 2.24) is 9.80 Å². The Labute approximate surface area is 117 Å². The van der Waals surface area contributed by atoms with E-state index in [1.807, 2.05) is 32.0 Å². The van der Waals surface area contributed by atoms with Crippen molar-refractivity contribution in [1.29, 1.82) is 0 Å². The first-order valence-electron chi connectivity index (χ1n) is 6.18. The second-order valence-electron chi connectivity index (χ2n) is 4.54. The molecule has 1 heterocycles. The molecule has 1 aromatic rings. The first kappa shape index (κ1) is 15.7. The number of carbonyl (C=O) groups excluding carboxylic acids is 1. The first-order valence-corrected chi connectivity index (χ1v) is 7.00. The quantitative estimate of drug-likeness (QED) is 0.822. The highest BCUT2D eigenvalue weighted by molar-refractivity contribution is 7.14. The largest absolute Gasteiger partial charge is 0.480 e. The average Bonchev–Trinajstić information content (AvgIpc) is 2.81. The lowest BCUT2D eigenvalue weighted by Crippen LogP contribution is -2.39. The molecule has 1 N–H and O–H groups in total. The molecule has 5 nitrogen and oxygen atoms in total. The summed E-state index contributed by atoms with van der Waals surface area (Å²) in [6.45, 7) is 2.83. The number of nitrogens with zero attached hydrogens (tertiary/aromatic N) is 2. The van der Waals surface area contributed by atoms with E-state index < -0.39 is 5.97 Å². The van der Waals surface area contributed by atoms with Gasteiger partial charge in [-0.15, -0.1) is 11.3 Å². The number of likely N-dealkylation sites (N-methyl/N-ethyl adjacent to an activating group) is 1. The second kappa shape index (κ2) is 7.25. The molecule has 0 aliphatic carbocycles. The summed E-state index contributed by atoms with van der Waals surface area (Å²) in [5.41, 5.74) is 0. The maximum absolute atomic E-state index is 12.3. The Balaban J connectivity index is 2.77. The van der Waals surface area contributed by atoms with Crippen LogP contribution in [0.3, 0.4) is 0 Å². The van der Waals surface area contributed by atoms with E-state index in [1.165, 1.54) is 16.2 Å². The van der Waals surface area contributed by atoms with Crippen LogP contribution in [0.5, 0.6) is 0 Å². The van der Waals surface area contributed by atoms with Crippen LogP contribution in [0.25, 0.3) is 0 Å². The molecule has 0 aromatic carbocycles. The molecule has 0 atom stereocenters. The third kappa shape index (κ3) is 5.00. The topological polar surface area (TPSA) is 60.9 Å². The van der Waals surface area contributed by atoms with Gasteiger partial charge in [-0.05, 0) is 32.6 Å². The molecule has 106 valence electrons. The SMILES string of the molecule is CCc1ccc(C(=O)N(CCN(C)C)CC(=O)O)s1. The molecule has 0 aliphatic rings. The highest BCUT2D eigenvalue weighted by Crippen LogP contribution is 2.18. The summed E-state index contributed by atoms with van der Waals surface area (Å²) in [6.07, 6.45) is 0.884. The maximum Gasteiger partial charge on any atom is 0.323 e. The minimum atomic E-state index is -0.987. The third-order valence-corrected chi connectivity index (χ3v) is 3.87. The summed E-state index contributed by atoms with van der Waals surface area (Å²) < 4.78 is 0. The van der Waals surface area contributed by atoms with E-state index >= 15 is 0 Å². The number of hydrogen-bond donors (Lipinski definition) is 1. The van der Waals surface area contributed by atoms with E-state index in [2.05, 4.69) is 0 Å². The van der Waals surface area contributed by atoms with Gasteiger partial charge in [0.2, 0.25) is 0 Å². The Kier molecular flexibility index (Phi) is 5.98. The highest BCUT2D eigenvalue weighted by atomic mass is 32.1. The van der Waals surface area contributed by atoms with Crippen LogP contribution in [0.15, 0.2) is 12.1 Å². The molecule has 6 heteroatoms. The zero-order valence-corrected chi connectivity index (χ0v) is 12.4. The molecular weight excluding hydrogens is 264 g/mol. The number of rotatable bonds is 7. The van der Waals surface area contributed by atoms with Gasteiger partial charge < -0.3 is 14.9 Å². The van der Waals surface area contributed by atoms with Gasteiger partial charge in [-0.25, -0.2) is 0 Å². The summed E-state index contributed by atoms with van der Waals surface area (Å²) in [5.74, 6) is -1.19. The van der Waals surface area contributed by atoms with E-state index in [0.29, 0.717) is 18.0 Å². The predicted molar refractivity (Wildman–Crippen MR) is 75.8 cm³/mol. The van der Waals surface area contributed by atoms with Gasteiger partial charge in [-0.1, -0.05) is 6.92 Å². The van der Waals surface area contributed by atoms with Crippen LogP contribution in [0, 0.1) is 0 Å². The molecule has 0 radical (unpaired) electrons. The fraction of sp³-hybridized carbons (Fsp3) is 0.538. The molecule has 0 bridgehead atoms. The smallest absolute Gasteiger partial charge is 0.323 e. The molecule has 1 rings (SSSR count). The summed E-state index contributed by atoms with van der Waals surface area (Å²) in [6, 6.07) is 3.69. The van der Waals surface area contributed by atoms with Crippen LogP contribution in [0.1, 0.15) is 21.5 Å². The van der Waals surface area contributed by atoms with Crippen molar-refractivity contribution in [3.05, 3.63) is 21.9 Å². The second-order valence-corrected chi connectivity index (χ2v) is 5.71. The fourth-order valence-electron chi connectivity index (χ4n) is 1.58. The molecule has 0 spiro atoms. The zero-order valence-electron chi connectivity index (χ0n) is 11.5. The lowest BCUT2D eigenvalue weighted by Gasteiger charge is -2.22. The van der Waals surface area contributed by atoms with Gasteiger partial charge in [0.25, 0.3) is 5.91 Å². The molecule has 19 heavy (non-hydrogen) atoms.